The van der Waals surface area contributed by atoms with Crippen molar-refractivity contribution in [2.45, 2.75) is 33.2 Å². The van der Waals surface area contributed by atoms with E-state index in [1.165, 1.54) is 0 Å². The molecule has 0 saturated heterocycles. The molecule has 2 amide bonds. The number of rotatable bonds is 7. The van der Waals surface area contributed by atoms with Gasteiger partial charge in [0.1, 0.15) is 6.04 Å². The van der Waals surface area contributed by atoms with Crippen LogP contribution < -0.4 is 22.5 Å². The van der Waals surface area contributed by atoms with E-state index in [0.717, 1.165) is 5.56 Å². The van der Waals surface area contributed by atoms with Crippen LogP contribution in [0.2, 0.25) is 0 Å². The number of hydrogen-bond donors (Lipinski definition) is 5. The third-order valence-electron chi connectivity index (χ3n) is 3.30. The van der Waals surface area contributed by atoms with E-state index in [0.29, 0.717) is 12.1 Å². The number of anilines is 1. The zero-order chi connectivity index (χ0) is 19.9. The third-order valence-corrected chi connectivity index (χ3v) is 3.30. The third kappa shape index (κ3) is 6.71. The van der Waals surface area contributed by atoms with Crippen molar-refractivity contribution in [1.82, 2.24) is 0 Å². The number of aryl methyl sites for hydroxylation is 1. The zero-order valence-electron chi connectivity index (χ0n) is 15.1. The number of aliphatic imine (C=N–C) groups is 2. The Bertz CT molecular complexity index is 753. The van der Waals surface area contributed by atoms with Gasteiger partial charge >= 0.3 is 0 Å². The SMILES string of the molecule is Cc1cccc(NC(=NC(N)=N[C@H](CC(C)C)C(N)=O)C(=N)C(N)=O)c1. The second-order valence-electron chi connectivity index (χ2n) is 6.23. The highest BCUT2D eigenvalue weighted by atomic mass is 16.1. The quantitative estimate of drug-likeness (QED) is 0.353. The van der Waals surface area contributed by atoms with Gasteiger partial charge in [-0.3, -0.25) is 15.0 Å². The van der Waals surface area contributed by atoms with Gasteiger partial charge in [0.2, 0.25) is 11.9 Å². The molecule has 1 atom stereocenters. The molecule has 0 aliphatic rings. The lowest BCUT2D eigenvalue weighted by Gasteiger charge is -2.12. The summed E-state index contributed by atoms with van der Waals surface area (Å²) in [6, 6.07) is 6.37. The van der Waals surface area contributed by atoms with Crippen LogP contribution in [0, 0.1) is 18.3 Å². The largest absolute Gasteiger partial charge is 0.368 e. The number of carbonyl (C=O) groups excluding carboxylic acids is 2. The van der Waals surface area contributed by atoms with Crippen LogP contribution >= 0.6 is 0 Å². The van der Waals surface area contributed by atoms with Crippen LogP contribution in [0.25, 0.3) is 0 Å². The Morgan fingerprint density at radius 3 is 2.38 bits per heavy atom. The second kappa shape index (κ2) is 9.30. The van der Waals surface area contributed by atoms with Gasteiger partial charge in [0, 0.05) is 5.69 Å². The minimum absolute atomic E-state index is 0.168. The summed E-state index contributed by atoms with van der Waals surface area (Å²) in [5, 5.41) is 10.6. The van der Waals surface area contributed by atoms with E-state index in [1.54, 1.807) is 18.2 Å². The topological polar surface area (TPSA) is 173 Å². The maximum Gasteiger partial charge on any atom is 0.270 e. The highest BCUT2D eigenvalue weighted by molar-refractivity contribution is 6.67. The molecule has 140 valence electrons. The van der Waals surface area contributed by atoms with E-state index in [9.17, 15) is 9.59 Å². The molecular formula is C17H25N7O2. The van der Waals surface area contributed by atoms with Gasteiger partial charge in [-0.15, -0.1) is 0 Å². The lowest BCUT2D eigenvalue weighted by Crippen LogP contribution is -2.36. The van der Waals surface area contributed by atoms with Crippen LogP contribution in [-0.4, -0.2) is 35.4 Å². The van der Waals surface area contributed by atoms with E-state index >= 15 is 0 Å². The molecule has 9 nitrogen and oxygen atoms in total. The Morgan fingerprint density at radius 2 is 1.88 bits per heavy atom. The van der Waals surface area contributed by atoms with E-state index in [2.05, 4.69) is 15.3 Å². The molecule has 1 aromatic carbocycles. The van der Waals surface area contributed by atoms with Crippen LogP contribution in [0.15, 0.2) is 34.3 Å². The molecule has 0 aromatic heterocycles. The van der Waals surface area contributed by atoms with Gasteiger partial charge in [-0.2, -0.15) is 4.99 Å². The maximum absolute atomic E-state index is 11.5. The lowest BCUT2D eigenvalue weighted by atomic mass is 10.0. The number of amidine groups is 1. The van der Waals surface area contributed by atoms with E-state index < -0.39 is 23.6 Å². The molecule has 1 aromatic rings. The van der Waals surface area contributed by atoms with E-state index in [4.69, 9.17) is 22.6 Å². The van der Waals surface area contributed by atoms with Gasteiger partial charge < -0.3 is 22.5 Å². The van der Waals surface area contributed by atoms with Crippen molar-refractivity contribution >= 4 is 35.0 Å². The standard InChI is InChI=1S/C17H25N7O2/c1-9(2)7-12(14(19)25)23-17(21)24-16(13(18)15(20)26)22-11-6-4-5-10(3)8-11/h4-6,8-9,12,18H,7H2,1-3H3,(H2,19,25)(H2,20,26)(H3,21,22,23,24)/t12-/m1/s1. The molecule has 0 aliphatic carbocycles. The average Bonchev–Trinajstić information content (AvgIpc) is 2.52. The number of nitrogens with zero attached hydrogens (tertiary/aromatic N) is 2. The predicted octanol–water partition coefficient (Wildman–Crippen LogP) is 0.525. The molecular weight excluding hydrogens is 334 g/mol. The summed E-state index contributed by atoms with van der Waals surface area (Å²) in [5.41, 5.74) is 17.3. The Labute approximate surface area is 152 Å². The van der Waals surface area contributed by atoms with E-state index in [-0.39, 0.29) is 17.7 Å². The molecule has 1 rings (SSSR count). The molecule has 26 heavy (non-hydrogen) atoms. The summed E-state index contributed by atoms with van der Waals surface area (Å²) < 4.78 is 0. The van der Waals surface area contributed by atoms with Crippen molar-refractivity contribution in [3.8, 4) is 0 Å². The number of amides is 2. The Kier molecular flexibility index (Phi) is 7.45. The zero-order valence-corrected chi connectivity index (χ0v) is 15.1. The fourth-order valence-electron chi connectivity index (χ4n) is 2.10. The maximum atomic E-state index is 11.5. The predicted molar refractivity (Wildman–Crippen MR) is 103 cm³/mol. The second-order valence-corrected chi connectivity index (χ2v) is 6.23. The van der Waals surface area contributed by atoms with Gasteiger partial charge in [-0.25, -0.2) is 4.99 Å². The summed E-state index contributed by atoms with van der Waals surface area (Å²) in [7, 11) is 0. The molecule has 0 bridgehead atoms. The van der Waals surface area contributed by atoms with Gasteiger partial charge in [-0.1, -0.05) is 26.0 Å². The number of guanidine groups is 1. The smallest absolute Gasteiger partial charge is 0.270 e. The normalized spacial score (nSPS) is 13.4. The highest BCUT2D eigenvalue weighted by Gasteiger charge is 2.18. The number of nitrogens with one attached hydrogen (secondary N) is 2. The first-order valence-electron chi connectivity index (χ1n) is 8.03. The van der Waals surface area contributed by atoms with Crippen LogP contribution in [-0.2, 0) is 9.59 Å². The average molecular weight is 359 g/mol. The first-order chi connectivity index (χ1) is 12.1. The fraction of sp³-hybridized carbons (Fsp3) is 0.353. The van der Waals surface area contributed by atoms with Gasteiger partial charge in [0.15, 0.2) is 11.5 Å². The summed E-state index contributed by atoms with van der Waals surface area (Å²) in [5.74, 6) is -1.89. The van der Waals surface area contributed by atoms with Crippen LogP contribution in [0.3, 0.4) is 0 Å². The molecule has 0 heterocycles. The number of benzene rings is 1. The van der Waals surface area contributed by atoms with Crippen molar-refractivity contribution in [3.63, 3.8) is 0 Å². The van der Waals surface area contributed by atoms with Crippen molar-refractivity contribution in [1.29, 1.82) is 5.41 Å². The molecule has 0 aliphatic heterocycles. The van der Waals surface area contributed by atoms with Crippen molar-refractivity contribution < 1.29 is 9.59 Å². The summed E-state index contributed by atoms with van der Waals surface area (Å²) in [4.78, 5) is 30.8. The molecule has 9 heteroatoms. The minimum Gasteiger partial charge on any atom is -0.368 e. The number of carbonyl (C=O) groups is 2. The Hall–Kier alpha value is -3.23. The van der Waals surface area contributed by atoms with Gasteiger partial charge in [0.25, 0.3) is 5.91 Å². The summed E-state index contributed by atoms with van der Waals surface area (Å²) in [6.45, 7) is 5.72. The van der Waals surface area contributed by atoms with Crippen molar-refractivity contribution in [2.24, 2.45) is 33.1 Å². The number of nitrogens with two attached hydrogens (primary N) is 3. The van der Waals surface area contributed by atoms with Crippen molar-refractivity contribution in [2.75, 3.05) is 5.32 Å². The summed E-state index contributed by atoms with van der Waals surface area (Å²) >= 11 is 0. The molecule has 0 unspecified atom stereocenters. The molecule has 0 radical (unpaired) electrons. The van der Waals surface area contributed by atoms with E-state index in [1.807, 2.05) is 26.8 Å². The fourth-order valence-corrected chi connectivity index (χ4v) is 2.10. The van der Waals surface area contributed by atoms with Crippen LogP contribution in [0.1, 0.15) is 25.8 Å². The monoisotopic (exact) mass is 359 g/mol. The van der Waals surface area contributed by atoms with Crippen LogP contribution in [0.5, 0.6) is 0 Å². The molecule has 0 saturated carbocycles. The lowest BCUT2D eigenvalue weighted by molar-refractivity contribution is -0.119. The van der Waals surface area contributed by atoms with Gasteiger partial charge in [0.05, 0.1) is 0 Å². The molecule has 0 fully saturated rings. The first kappa shape index (κ1) is 20.8. The Morgan fingerprint density at radius 1 is 1.23 bits per heavy atom. The number of hydrogen-bond acceptors (Lipinski definition) is 4. The van der Waals surface area contributed by atoms with Crippen molar-refractivity contribution in [3.05, 3.63) is 29.8 Å². The Balaban J connectivity index is 3.19. The summed E-state index contributed by atoms with van der Waals surface area (Å²) in [6.07, 6.45) is 0.402. The van der Waals surface area contributed by atoms with Crippen LogP contribution in [0.4, 0.5) is 5.69 Å². The first-order valence-corrected chi connectivity index (χ1v) is 8.03. The molecule has 8 N–H and O–H groups in total. The number of primary amides is 2. The minimum atomic E-state index is -0.981. The highest BCUT2D eigenvalue weighted by Crippen LogP contribution is 2.11. The van der Waals surface area contributed by atoms with Gasteiger partial charge in [-0.05, 0) is 37.0 Å². The molecule has 0 spiro atoms.